The van der Waals surface area contributed by atoms with Gasteiger partial charge in [0.1, 0.15) is 5.82 Å². The predicted molar refractivity (Wildman–Crippen MR) is 106 cm³/mol. The summed E-state index contributed by atoms with van der Waals surface area (Å²) in [5.41, 5.74) is 1.66. The topological polar surface area (TPSA) is 98.8 Å². The molecule has 1 aliphatic rings. The Balaban J connectivity index is 1.63. The van der Waals surface area contributed by atoms with E-state index in [4.69, 9.17) is 0 Å². The normalized spacial score (nSPS) is 14.7. The van der Waals surface area contributed by atoms with Gasteiger partial charge in [0.15, 0.2) is 0 Å². The molecule has 9 heteroatoms. The predicted octanol–water partition coefficient (Wildman–Crippen LogP) is 4.18. The highest BCUT2D eigenvalue weighted by molar-refractivity contribution is 5.76. The smallest absolute Gasteiger partial charge is 0.270 e. The van der Waals surface area contributed by atoms with Gasteiger partial charge in [-0.05, 0) is 30.2 Å². The van der Waals surface area contributed by atoms with Gasteiger partial charge in [0.05, 0.1) is 17.0 Å². The summed E-state index contributed by atoms with van der Waals surface area (Å²) in [6.45, 7) is 0.125. The van der Waals surface area contributed by atoms with E-state index in [1.54, 1.807) is 24.3 Å². The number of non-ortho nitro benzene ring substituents is 1. The molecule has 1 aromatic heterocycles. The minimum atomic E-state index is -0.447. The molecular weight excluding hydrogens is 375 g/mol. The maximum atomic E-state index is 13.9. The van der Waals surface area contributed by atoms with Gasteiger partial charge in [-0.15, -0.1) is 10.2 Å². The third-order valence-corrected chi connectivity index (χ3v) is 5.14. The second-order valence-electron chi connectivity index (χ2n) is 7.20. The monoisotopic (exact) mass is 396 g/mol. The number of nitro benzene ring substituents is 1. The Morgan fingerprint density at radius 3 is 2.72 bits per heavy atom. The molecule has 0 radical (unpaired) electrons. The van der Waals surface area contributed by atoms with Crippen LogP contribution in [0.3, 0.4) is 0 Å². The number of nitrogens with one attached hydrogen (secondary N) is 1. The zero-order valence-electron chi connectivity index (χ0n) is 15.8. The van der Waals surface area contributed by atoms with Crippen LogP contribution in [0.4, 0.5) is 15.8 Å². The lowest BCUT2D eigenvalue weighted by Gasteiger charge is -2.24. The molecule has 1 heterocycles. The lowest BCUT2D eigenvalue weighted by Crippen LogP contribution is -2.22. The van der Waals surface area contributed by atoms with Crippen LogP contribution in [-0.2, 0) is 6.54 Å². The summed E-state index contributed by atoms with van der Waals surface area (Å²) in [5, 5.41) is 27.1. The van der Waals surface area contributed by atoms with E-state index in [9.17, 15) is 14.5 Å². The molecule has 0 spiro atoms. The van der Waals surface area contributed by atoms with Gasteiger partial charge in [0.2, 0.25) is 5.82 Å². The third kappa shape index (κ3) is 4.39. The molecule has 0 bridgehead atoms. The van der Waals surface area contributed by atoms with Gasteiger partial charge in [-0.3, -0.25) is 10.1 Å². The van der Waals surface area contributed by atoms with Crippen LogP contribution in [0.2, 0.25) is 0 Å². The van der Waals surface area contributed by atoms with E-state index in [1.807, 2.05) is 0 Å². The van der Waals surface area contributed by atoms with Crippen molar-refractivity contribution < 1.29 is 9.31 Å². The second kappa shape index (κ2) is 8.34. The van der Waals surface area contributed by atoms with Crippen LogP contribution in [-0.4, -0.2) is 31.2 Å². The number of aromatic nitrogens is 4. The molecule has 4 rings (SSSR count). The minimum Gasteiger partial charge on any atom is -0.382 e. The fraction of sp³-hybridized carbons (Fsp3) is 0.350. The molecule has 0 amide bonds. The van der Waals surface area contributed by atoms with E-state index in [0.29, 0.717) is 17.2 Å². The Morgan fingerprint density at radius 1 is 1.17 bits per heavy atom. The van der Waals surface area contributed by atoms with Crippen molar-refractivity contribution in [3.05, 3.63) is 64.0 Å². The van der Waals surface area contributed by atoms with E-state index < -0.39 is 4.92 Å². The Morgan fingerprint density at radius 2 is 1.97 bits per heavy atom. The molecule has 1 aliphatic carbocycles. The summed E-state index contributed by atoms with van der Waals surface area (Å²) in [6.07, 6.45) is 5.68. The minimum absolute atomic E-state index is 0.0420. The Hall–Kier alpha value is -3.36. The fourth-order valence-electron chi connectivity index (χ4n) is 3.62. The Bertz CT molecular complexity index is 1020. The van der Waals surface area contributed by atoms with Crippen molar-refractivity contribution in [2.24, 2.45) is 0 Å². The molecule has 0 atom stereocenters. The molecule has 29 heavy (non-hydrogen) atoms. The molecule has 1 N–H and O–H groups in total. The zero-order chi connectivity index (χ0) is 20.2. The van der Waals surface area contributed by atoms with Crippen molar-refractivity contribution in [1.82, 2.24) is 20.2 Å². The zero-order valence-corrected chi connectivity index (χ0v) is 15.8. The number of benzene rings is 2. The first kappa shape index (κ1) is 19.0. The maximum Gasteiger partial charge on any atom is 0.270 e. The highest BCUT2D eigenvalue weighted by Gasteiger charge is 2.20. The number of halogens is 1. The lowest BCUT2D eigenvalue weighted by atomic mass is 9.95. The van der Waals surface area contributed by atoms with Gasteiger partial charge in [0.25, 0.3) is 5.69 Å². The average Bonchev–Trinajstić information content (AvgIpc) is 3.19. The molecular formula is C20H21FN6O2. The van der Waals surface area contributed by atoms with Crippen LogP contribution >= 0.6 is 0 Å². The summed E-state index contributed by atoms with van der Waals surface area (Å²) in [5.74, 6) is -0.0790. The summed E-state index contributed by atoms with van der Waals surface area (Å²) >= 11 is 0. The summed E-state index contributed by atoms with van der Waals surface area (Å²) in [6, 6.07) is 11.3. The number of tetrazole rings is 1. The first-order valence-corrected chi connectivity index (χ1v) is 9.67. The maximum absolute atomic E-state index is 13.9. The first-order valence-electron chi connectivity index (χ1n) is 9.67. The van der Waals surface area contributed by atoms with E-state index in [-0.39, 0.29) is 23.9 Å². The number of anilines is 1. The van der Waals surface area contributed by atoms with Crippen molar-refractivity contribution in [3.8, 4) is 11.4 Å². The quantitative estimate of drug-likeness (QED) is 0.496. The number of nitro groups is 1. The molecule has 0 unspecified atom stereocenters. The first-order chi connectivity index (χ1) is 14.1. The van der Waals surface area contributed by atoms with Gasteiger partial charge in [-0.2, -0.15) is 4.80 Å². The van der Waals surface area contributed by atoms with Gasteiger partial charge in [-0.25, -0.2) is 4.39 Å². The molecule has 8 nitrogen and oxygen atoms in total. The van der Waals surface area contributed by atoms with Crippen LogP contribution in [0.5, 0.6) is 0 Å². The number of hydrogen-bond donors (Lipinski definition) is 1. The van der Waals surface area contributed by atoms with E-state index in [2.05, 4.69) is 20.7 Å². The molecule has 0 saturated heterocycles. The summed E-state index contributed by atoms with van der Waals surface area (Å²) in [4.78, 5) is 12.1. The van der Waals surface area contributed by atoms with Crippen molar-refractivity contribution in [1.29, 1.82) is 0 Å². The van der Waals surface area contributed by atoms with Gasteiger partial charge >= 0.3 is 0 Å². The van der Waals surface area contributed by atoms with Crippen molar-refractivity contribution in [3.63, 3.8) is 0 Å². The van der Waals surface area contributed by atoms with Gasteiger partial charge in [0, 0.05) is 29.4 Å². The highest BCUT2D eigenvalue weighted by Crippen LogP contribution is 2.32. The molecule has 0 aliphatic heterocycles. The standard InChI is InChI=1S/C20H21FN6O2/c21-18-9-5-4-6-14(18)13-26-24-20(23-25-26)17-12-16(27(28)29)10-11-19(17)22-15-7-2-1-3-8-15/h4-6,9-12,15,22H,1-3,7-8,13H2. The van der Waals surface area contributed by atoms with Crippen molar-refractivity contribution in [2.75, 3.05) is 5.32 Å². The molecule has 150 valence electrons. The SMILES string of the molecule is O=[N+]([O-])c1ccc(NC2CCCCC2)c(-c2nnn(Cc3ccccc3F)n2)c1. The lowest BCUT2D eigenvalue weighted by molar-refractivity contribution is -0.384. The average molecular weight is 396 g/mol. The van der Waals surface area contributed by atoms with Crippen LogP contribution in [0.25, 0.3) is 11.4 Å². The van der Waals surface area contributed by atoms with Crippen LogP contribution in [0.15, 0.2) is 42.5 Å². The summed E-state index contributed by atoms with van der Waals surface area (Å²) < 4.78 is 13.9. The van der Waals surface area contributed by atoms with Crippen LogP contribution in [0.1, 0.15) is 37.7 Å². The van der Waals surface area contributed by atoms with E-state index in [0.717, 1.165) is 31.4 Å². The molecule has 3 aromatic rings. The highest BCUT2D eigenvalue weighted by atomic mass is 19.1. The second-order valence-corrected chi connectivity index (χ2v) is 7.20. The largest absolute Gasteiger partial charge is 0.382 e. The number of nitrogens with zero attached hydrogens (tertiary/aromatic N) is 5. The summed E-state index contributed by atoms with van der Waals surface area (Å²) in [7, 11) is 0. The van der Waals surface area contributed by atoms with Crippen LogP contribution < -0.4 is 5.32 Å². The van der Waals surface area contributed by atoms with Gasteiger partial charge in [-0.1, -0.05) is 37.5 Å². The molecule has 1 fully saturated rings. The Kier molecular flexibility index (Phi) is 5.46. The number of hydrogen-bond acceptors (Lipinski definition) is 6. The van der Waals surface area contributed by atoms with Gasteiger partial charge < -0.3 is 5.32 Å². The Labute approximate surface area is 166 Å². The van der Waals surface area contributed by atoms with Crippen molar-refractivity contribution >= 4 is 11.4 Å². The fourth-order valence-corrected chi connectivity index (χ4v) is 3.62. The van der Waals surface area contributed by atoms with E-state index in [1.165, 1.54) is 29.4 Å². The van der Waals surface area contributed by atoms with Crippen LogP contribution in [0, 0.1) is 15.9 Å². The molecule has 1 saturated carbocycles. The van der Waals surface area contributed by atoms with E-state index >= 15 is 0 Å². The number of rotatable bonds is 6. The molecule has 2 aromatic carbocycles. The third-order valence-electron chi connectivity index (χ3n) is 5.14. The van der Waals surface area contributed by atoms with Crippen molar-refractivity contribution in [2.45, 2.75) is 44.7 Å².